The summed E-state index contributed by atoms with van der Waals surface area (Å²) >= 11 is 0. The molecule has 1 unspecified atom stereocenters. The molecule has 122 valence electrons. The van der Waals surface area contributed by atoms with Gasteiger partial charge in [0.1, 0.15) is 0 Å². The highest BCUT2D eigenvalue weighted by Gasteiger charge is 2.32. The second kappa shape index (κ2) is 7.28. The van der Waals surface area contributed by atoms with Crippen LogP contribution in [0.2, 0.25) is 0 Å². The molecule has 0 saturated carbocycles. The predicted octanol–water partition coefficient (Wildman–Crippen LogP) is 1.89. The topological polar surface area (TPSA) is 105 Å². The Labute approximate surface area is 127 Å². The average Bonchev–Trinajstić information content (AvgIpc) is 2.75. The first-order chi connectivity index (χ1) is 10.2. The minimum Gasteiger partial charge on any atom is -0.465 e. The number of carbonyl (C=O) groups is 1. The maximum atomic E-state index is 12.9. The normalized spacial score (nSPS) is 19.0. The number of esters is 1. The van der Waals surface area contributed by atoms with Crippen molar-refractivity contribution in [2.75, 3.05) is 20.3 Å². The lowest BCUT2D eigenvalue weighted by molar-refractivity contribution is -0.387. The number of nitro groups is 1. The second-order valence-corrected chi connectivity index (χ2v) is 5.53. The molecule has 2 N–H and O–H groups in total. The van der Waals surface area contributed by atoms with Gasteiger partial charge in [-0.2, -0.15) is 4.39 Å². The number of nitrogens with zero attached hydrogens (tertiary/aromatic N) is 1. The third kappa shape index (κ3) is 4.47. The van der Waals surface area contributed by atoms with Crippen molar-refractivity contribution in [1.82, 2.24) is 0 Å². The van der Waals surface area contributed by atoms with Crippen LogP contribution in [0.25, 0.3) is 0 Å². The van der Waals surface area contributed by atoms with Gasteiger partial charge in [-0.15, -0.1) is 0 Å². The van der Waals surface area contributed by atoms with Crippen molar-refractivity contribution in [2.24, 2.45) is 11.1 Å². The van der Waals surface area contributed by atoms with E-state index in [4.69, 9.17) is 10.5 Å². The largest absolute Gasteiger partial charge is 0.465 e. The zero-order valence-corrected chi connectivity index (χ0v) is 12.7. The second-order valence-electron chi connectivity index (χ2n) is 5.53. The van der Waals surface area contributed by atoms with Crippen molar-refractivity contribution in [1.29, 1.82) is 0 Å². The summed E-state index contributed by atoms with van der Waals surface area (Å²) in [4.78, 5) is 20.2. The SMILES string of the molecule is CC1(C)COCC1N.COC(=O)c1ccc([N+](=O)[O-])c(F)c1. The molecule has 2 rings (SSSR count). The van der Waals surface area contributed by atoms with Crippen molar-refractivity contribution in [3.8, 4) is 0 Å². The van der Waals surface area contributed by atoms with Crippen LogP contribution in [0, 0.1) is 21.3 Å². The molecule has 0 spiro atoms. The fourth-order valence-corrected chi connectivity index (χ4v) is 1.68. The van der Waals surface area contributed by atoms with Crippen LogP contribution in [0.4, 0.5) is 10.1 Å². The minimum absolute atomic E-state index is 0.0596. The fourth-order valence-electron chi connectivity index (χ4n) is 1.68. The summed E-state index contributed by atoms with van der Waals surface area (Å²) in [6, 6.07) is 3.06. The quantitative estimate of drug-likeness (QED) is 0.508. The van der Waals surface area contributed by atoms with E-state index in [1.807, 2.05) is 0 Å². The minimum atomic E-state index is -1.06. The van der Waals surface area contributed by atoms with Gasteiger partial charge in [0.25, 0.3) is 0 Å². The molecule has 0 radical (unpaired) electrons. The number of nitro benzene ring substituents is 1. The molecule has 1 aromatic rings. The Hall–Kier alpha value is -2.06. The van der Waals surface area contributed by atoms with Crippen molar-refractivity contribution < 1.29 is 23.6 Å². The molecular weight excluding hydrogens is 295 g/mol. The van der Waals surface area contributed by atoms with Gasteiger partial charge in [-0.25, -0.2) is 4.79 Å². The lowest BCUT2D eigenvalue weighted by Gasteiger charge is -2.19. The number of ether oxygens (including phenoxy) is 2. The van der Waals surface area contributed by atoms with E-state index in [-0.39, 0.29) is 17.0 Å². The summed E-state index contributed by atoms with van der Waals surface area (Å²) < 4.78 is 22.4. The maximum absolute atomic E-state index is 12.9. The van der Waals surface area contributed by atoms with Gasteiger partial charge in [0.05, 0.1) is 30.8 Å². The fraction of sp³-hybridized carbons (Fsp3) is 0.500. The van der Waals surface area contributed by atoms with E-state index in [1.165, 1.54) is 0 Å². The van der Waals surface area contributed by atoms with Gasteiger partial charge in [0.2, 0.25) is 5.82 Å². The number of hydrogen-bond donors (Lipinski definition) is 1. The molecule has 1 aliphatic rings. The number of methoxy groups -OCH3 is 1. The van der Waals surface area contributed by atoms with E-state index in [0.717, 1.165) is 38.5 Å². The predicted molar refractivity (Wildman–Crippen MR) is 77.0 cm³/mol. The molecule has 0 aliphatic carbocycles. The monoisotopic (exact) mass is 314 g/mol. The Bertz CT molecular complexity index is 562. The van der Waals surface area contributed by atoms with Crippen LogP contribution >= 0.6 is 0 Å². The number of halogens is 1. The Morgan fingerprint density at radius 3 is 2.50 bits per heavy atom. The third-order valence-electron chi connectivity index (χ3n) is 3.34. The van der Waals surface area contributed by atoms with E-state index in [0.29, 0.717) is 0 Å². The molecule has 1 fully saturated rings. The Kier molecular flexibility index (Phi) is 5.95. The first-order valence-electron chi connectivity index (χ1n) is 6.54. The molecule has 1 atom stereocenters. The van der Waals surface area contributed by atoms with Gasteiger partial charge in [-0.05, 0) is 12.1 Å². The van der Waals surface area contributed by atoms with Crippen LogP contribution < -0.4 is 5.73 Å². The van der Waals surface area contributed by atoms with E-state index >= 15 is 0 Å². The molecule has 1 heterocycles. The van der Waals surface area contributed by atoms with E-state index in [9.17, 15) is 19.3 Å². The number of nitrogens with two attached hydrogens (primary N) is 1. The molecule has 1 aromatic carbocycles. The van der Waals surface area contributed by atoms with Gasteiger partial charge in [-0.3, -0.25) is 10.1 Å². The molecular formula is C14H19FN2O5. The molecule has 0 bridgehead atoms. The highest BCUT2D eigenvalue weighted by molar-refractivity contribution is 5.89. The van der Waals surface area contributed by atoms with Gasteiger partial charge < -0.3 is 15.2 Å². The number of carbonyl (C=O) groups excluding carboxylic acids is 1. The summed E-state index contributed by atoms with van der Waals surface area (Å²) in [5.74, 6) is -1.79. The standard InChI is InChI=1S/C8H6FNO4.C6H13NO/c1-14-8(11)5-2-3-7(10(12)13)6(9)4-5;1-6(2)4-8-3-5(6)7/h2-4H,1H3;5H,3-4,7H2,1-2H3. The van der Waals surface area contributed by atoms with Crippen molar-refractivity contribution in [2.45, 2.75) is 19.9 Å². The molecule has 1 aliphatic heterocycles. The van der Waals surface area contributed by atoms with Gasteiger partial charge in [-0.1, -0.05) is 13.8 Å². The Morgan fingerprint density at radius 2 is 2.18 bits per heavy atom. The first-order valence-corrected chi connectivity index (χ1v) is 6.54. The zero-order chi connectivity index (χ0) is 16.9. The highest BCUT2D eigenvalue weighted by atomic mass is 19.1. The lowest BCUT2D eigenvalue weighted by Crippen LogP contribution is -2.35. The van der Waals surface area contributed by atoms with E-state index in [2.05, 4.69) is 18.6 Å². The van der Waals surface area contributed by atoms with Gasteiger partial charge in [0, 0.05) is 17.5 Å². The Morgan fingerprint density at radius 1 is 1.55 bits per heavy atom. The Balaban J connectivity index is 0.000000255. The number of benzene rings is 1. The highest BCUT2D eigenvalue weighted by Crippen LogP contribution is 2.25. The maximum Gasteiger partial charge on any atom is 0.337 e. The number of hydrogen-bond acceptors (Lipinski definition) is 6. The van der Waals surface area contributed by atoms with Crippen LogP contribution in [0.3, 0.4) is 0 Å². The molecule has 1 saturated heterocycles. The number of rotatable bonds is 2. The van der Waals surface area contributed by atoms with Crippen molar-refractivity contribution >= 4 is 11.7 Å². The lowest BCUT2D eigenvalue weighted by atomic mass is 9.89. The van der Waals surface area contributed by atoms with Gasteiger partial charge >= 0.3 is 11.7 Å². The van der Waals surface area contributed by atoms with Crippen molar-refractivity contribution in [3.63, 3.8) is 0 Å². The summed E-state index contributed by atoms with van der Waals surface area (Å²) in [7, 11) is 1.14. The van der Waals surface area contributed by atoms with Crippen LogP contribution in [0.5, 0.6) is 0 Å². The van der Waals surface area contributed by atoms with E-state index < -0.39 is 22.4 Å². The molecule has 7 nitrogen and oxygen atoms in total. The smallest absolute Gasteiger partial charge is 0.337 e. The molecule has 22 heavy (non-hydrogen) atoms. The van der Waals surface area contributed by atoms with Crippen LogP contribution in [0.15, 0.2) is 18.2 Å². The summed E-state index contributed by atoms with van der Waals surface area (Å²) in [6.07, 6.45) is 0. The third-order valence-corrected chi connectivity index (χ3v) is 3.34. The van der Waals surface area contributed by atoms with Crippen LogP contribution in [-0.2, 0) is 9.47 Å². The van der Waals surface area contributed by atoms with Crippen LogP contribution in [-0.4, -0.2) is 37.3 Å². The first kappa shape index (κ1) is 18.0. The summed E-state index contributed by atoms with van der Waals surface area (Å²) in [6.45, 7) is 5.80. The van der Waals surface area contributed by atoms with Crippen LogP contribution in [0.1, 0.15) is 24.2 Å². The summed E-state index contributed by atoms with van der Waals surface area (Å²) in [5.41, 5.74) is 5.17. The molecule has 0 amide bonds. The average molecular weight is 314 g/mol. The molecule has 8 heteroatoms. The summed E-state index contributed by atoms with van der Waals surface area (Å²) in [5, 5.41) is 10.2. The molecule has 0 aromatic heterocycles. The van der Waals surface area contributed by atoms with Crippen molar-refractivity contribution in [3.05, 3.63) is 39.7 Å². The van der Waals surface area contributed by atoms with E-state index in [1.54, 1.807) is 0 Å². The van der Waals surface area contributed by atoms with Gasteiger partial charge in [0.15, 0.2) is 0 Å². The zero-order valence-electron chi connectivity index (χ0n) is 12.7.